The van der Waals surface area contributed by atoms with Crippen LogP contribution in [0.3, 0.4) is 0 Å². The summed E-state index contributed by atoms with van der Waals surface area (Å²) in [5.74, 6) is -0.160. The molecular weight excluding hydrogens is 599 g/mol. The van der Waals surface area contributed by atoms with E-state index >= 15 is 0 Å². The van der Waals surface area contributed by atoms with Gasteiger partial charge >= 0.3 is 7.82 Å². The van der Waals surface area contributed by atoms with Crippen molar-refractivity contribution in [1.82, 2.24) is 5.32 Å². The van der Waals surface area contributed by atoms with Gasteiger partial charge in [-0.15, -0.1) is 0 Å². The number of carbonyl (C=O) groups excluding carboxylic acids is 1. The highest BCUT2D eigenvalue weighted by atomic mass is 31.2. The van der Waals surface area contributed by atoms with Crippen LogP contribution in [0.25, 0.3) is 0 Å². The van der Waals surface area contributed by atoms with Crippen LogP contribution in [0, 0.1) is 0 Å². The van der Waals surface area contributed by atoms with Gasteiger partial charge in [-0.25, -0.2) is 4.57 Å². The molecule has 0 bridgehead atoms. The minimum absolute atomic E-state index is 0.0921. The molecule has 3 unspecified atom stereocenters. The molecule has 0 fully saturated rings. The Morgan fingerprint density at radius 2 is 1.00 bits per heavy atom. The van der Waals surface area contributed by atoms with E-state index in [1.807, 2.05) is 0 Å². The van der Waals surface area contributed by atoms with Crippen LogP contribution in [-0.4, -0.2) is 47.8 Å². The fourth-order valence-electron chi connectivity index (χ4n) is 5.96. The number of nitrogens with one attached hydrogen (secondary N) is 1. The van der Waals surface area contributed by atoms with Crippen LogP contribution in [0.2, 0.25) is 0 Å². The molecule has 276 valence electrons. The molecule has 0 aromatic rings. The lowest BCUT2D eigenvalue weighted by molar-refractivity contribution is -0.123. The number of amides is 1. The van der Waals surface area contributed by atoms with Gasteiger partial charge in [0.15, 0.2) is 0 Å². The molecule has 0 aliphatic carbocycles. The highest BCUT2D eigenvalue weighted by molar-refractivity contribution is 7.47. The number of aliphatic hydroxyl groups excluding tert-OH is 1. The van der Waals surface area contributed by atoms with Gasteiger partial charge in [0.2, 0.25) is 5.91 Å². The number of carbonyl (C=O) groups is 1. The summed E-state index contributed by atoms with van der Waals surface area (Å²) < 4.78 is 22.1. The molecule has 0 spiro atoms. The third-order valence-electron chi connectivity index (χ3n) is 8.96. The van der Waals surface area contributed by atoms with Gasteiger partial charge < -0.3 is 21.1 Å². The number of rotatable bonds is 37. The van der Waals surface area contributed by atoms with Crippen molar-refractivity contribution in [3.8, 4) is 0 Å². The maximum Gasteiger partial charge on any atom is 0.472 e. The van der Waals surface area contributed by atoms with Gasteiger partial charge in [0.25, 0.3) is 0 Å². The Hall–Kier alpha value is -0.500. The van der Waals surface area contributed by atoms with E-state index < -0.39 is 20.0 Å². The summed E-state index contributed by atoms with van der Waals surface area (Å²) in [4.78, 5) is 22.6. The van der Waals surface area contributed by atoms with Gasteiger partial charge in [0, 0.05) is 13.0 Å². The lowest BCUT2D eigenvalue weighted by atomic mass is 10.0. The summed E-state index contributed by atoms with van der Waals surface area (Å²) >= 11 is 0. The Labute approximate surface area is 284 Å². The molecule has 0 aromatic carbocycles. The molecule has 5 N–H and O–H groups in total. The van der Waals surface area contributed by atoms with Crippen LogP contribution < -0.4 is 11.1 Å². The van der Waals surface area contributed by atoms with E-state index in [1.165, 1.54) is 135 Å². The molecule has 0 radical (unpaired) electrons. The molecule has 0 aliphatic heterocycles. The number of aliphatic hydroxyl groups is 1. The van der Waals surface area contributed by atoms with Crippen molar-refractivity contribution in [2.75, 3.05) is 19.8 Å². The number of nitrogens with two attached hydrogens (primary N) is 1. The summed E-state index contributed by atoms with van der Waals surface area (Å²) in [5, 5.41) is 13.7. The molecule has 0 rings (SSSR count). The predicted molar refractivity (Wildman–Crippen MR) is 194 cm³/mol. The zero-order chi connectivity index (χ0) is 34.0. The predicted octanol–water partition coefficient (Wildman–Crippen LogP) is 10.3. The first-order valence-electron chi connectivity index (χ1n) is 19.7. The summed E-state index contributed by atoms with van der Waals surface area (Å²) in [7, 11) is -4.30. The smallest absolute Gasteiger partial charge is 0.391 e. The standard InChI is InChI=1S/C37H77N2O6P/c1-3-5-7-9-11-13-15-16-17-18-19-20-21-23-25-27-29-31-37(41)39-35(34-45-46(42,43)44-33-32-38)36(40)30-28-26-24-22-14-12-10-8-6-4-2/h35-36,40H,3-34,38H2,1-2H3,(H,39,41)(H,42,43). The first-order chi connectivity index (χ1) is 22.4. The van der Waals surface area contributed by atoms with Crippen molar-refractivity contribution in [1.29, 1.82) is 0 Å². The maximum absolute atomic E-state index is 12.7. The lowest BCUT2D eigenvalue weighted by Gasteiger charge is -2.25. The first-order valence-corrected chi connectivity index (χ1v) is 21.1. The van der Waals surface area contributed by atoms with Crippen molar-refractivity contribution in [3.63, 3.8) is 0 Å². The largest absolute Gasteiger partial charge is 0.472 e. The quantitative estimate of drug-likeness (QED) is 0.0380. The molecule has 1 amide bonds. The van der Waals surface area contributed by atoms with E-state index in [0.717, 1.165) is 38.5 Å². The van der Waals surface area contributed by atoms with Gasteiger partial charge in [-0.3, -0.25) is 13.8 Å². The Balaban J connectivity index is 4.13. The van der Waals surface area contributed by atoms with Crippen molar-refractivity contribution in [2.45, 2.75) is 212 Å². The lowest BCUT2D eigenvalue weighted by Crippen LogP contribution is -2.46. The third-order valence-corrected chi connectivity index (χ3v) is 9.95. The summed E-state index contributed by atoms with van der Waals surface area (Å²) in [6, 6.07) is -0.765. The zero-order valence-electron chi connectivity index (χ0n) is 30.3. The van der Waals surface area contributed by atoms with E-state index in [1.54, 1.807) is 0 Å². The van der Waals surface area contributed by atoms with Crippen LogP contribution in [-0.2, 0) is 18.4 Å². The molecule has 0 saturated carbocycles. The minimum Gasteiger partial charge on any atom is -0.391 e. The van der Waals surface area contributed by atoms with Crippen molar-refractivity contribution >= 4 is 13.7 Å². The van der Waals surface area contributed by atoms with Gasteiger partial charge in [-0.05, 0) is 12.8 Å². The Morgan fingerprint density at radius 3 is 1.39 bits per heavy atom. The summed E-state index contributed by atoms with van der Waals surface area (Å²) in [5.41, 5.74) is 5.36. The highest BCUT2D eigenvalue weighted by Gasteiger charge is 2.27. The summed E-state index contributed by atoms with van der Waals surface area (Å²) in [6.07, 6.45) is 33.9. The van der Waals surface area contributed by atoms with Crippen LogP contribution in [0.1, 0.15) is 200 Å². The van der Waals surface area contributed by atoms with Crippen LogP contribution >= 0.6 is 7.82 Å². The van der Waals surface area contributed by atoms with Crippen LogP contribution in [0.4, 0.5) is 0 Å². The molecule has 8 nitrogen and oxygen atoms in total. The molecule has 0 aliphatic rings. The number of hydrogen-bond acceptors (Lipinski definition) is 6. The van der Waals surface area contributed by atoms with E-state index in [-0.39, 0.29) is 25.7 Å². The molecule has 3 atom stereocenters. The highest BCUT2D eigenvalue weighted by Crippen LogP contribution is 2.43. The normalized spacial score (nSPS) is 14.3. The van der Waals surface area contributed by atoms with E-state index in [4.69, 9.17) is 14.8 Å². The number of phosphoric ester groups is 1. The van der Waals surface area contributed by atoms with Gasteiger partial charge in [0.05, 0.1) is 25.4 Å². The first kappa shape index (κ1) is 45.5. The fraction of sp³-hybridized carbons (Fsp3) is 0.973. The van der Waals surface area contributed by atoms with Gasteiger partial charge in [-0.1, -0.05) is 181 Å². The second kappa shape index (κ2) is 34.4. The van der Waals surface area contributed by atoms with E-state index in [9.17, 15) is 19.4 Å². The van der Waals surface area contributed by atoms with Gasteiger partial charge in [0.1, 0.15) is 0 Å². The van der Waals surface area contributed by atoms with Crippen molar-refractivity contribution in [2.24, 2.45) is 5.73 Å². The third kappa shape index (κ3) is 32.1. The van der Waals surface area contributed by atoms with Crippen molar-refractivity contribution < 1.29 is 28.4 Å². The molecule has 0 saturated heterocycles. The molecule has 9 heteroatoms. The maximum atomic E-state index is 12.7. The average Bonchev–Trinajstić information content (AvgIpc) is 3.04. The SMILES string of the molecule is CCCCCCCCCCCCCCCCCCCC(=O)NC(COP(=O)(O)OCCN)C(O)CCCCCCCCCCCC. The second-order valence-electron chi connectivity index (χ2n) is 13.5. The molecule has 0 heterocycles. The molecule has 46 heavy (non-hydrogen) atoms. The number of phosphoric acid groups is 1. The van der Waals surface area contributed by atoms with Crippen LogP contribution in [0.5, 0.6) is 0 Å². The fourth-order valence-corrected chi connectivity index (χ4v) is 6.72. The van der Waals surface area contributed by atoms with E-state index in [0.29, 0.717) is 12.8 Å². The monoisotopic (exact) mass is 677 g/mol. The zero-order valence-corrected chi connectivity index (χ0v) is 31.2. The Bertz CT molecular complexity index is 699. The number of unbranched alkanes of at least 4 members (excludes halogenated alkanes) is 25. The topological polar surface area (TPSA) is 131 Å². The number of hydrogen-bond donors (Lipinski definition) is 4. The second-order valence-corrected chi connectivity index (χ2v) is 15.0. The van der Waals surface area contributed by atoms with Crippen molar-refractivity contribution in [3.05, 3.63) is 0 Å². The summed E-state index contributed by atoms with van der Waals surface area (Å²) in [6.45, 7) is 4.20. The molecular formula is C37H77N2O6P. The Morgan fingerprint density at radius 1 is 0.630 bits per heavy atom. The van der Waals surface area contributed by atoms with Gasteiger partial charge in [-0.2, -0.15) is 0 Å². The average molecular weight is 677 g/mol. The Kier molecular flexibility index (Phi) is 34.0. The van der Waals surface area contributed by atoms with Crippen LogP contribution in [0.15, 0.2) is 0 Å². The minimum atomic E-state index is -4.30. The molecule has 0 aromatic heterocycles. The van der Waals surface area contributed by atoms with E-state index in [2.05, 4.69) is 19.2 Å².